The molecule has 8 rings (SSSR count). The van der Waals surface area contributed by atoms with Crippen molar-refractivity contribution in [2.45, 2.75) is 39.9 Å². The van der Waals surface area contributed by atoms with Crippen molar-refractivity contribution in [1.82, 2.24) is 14.8 Å². The van der Waals surface area contributed by atoms with Gasteiger partial charge >= 0.3 is 0 Å². The average Bonchev–Trinajstić information content (AvgIpc) is 3.91. The largest absolute Gasteiger partial charge is 0.505 e. The van der Waals surface area contributed by atoms with Crippen LogP contribution in [-0.4, -0.2) is 102 Å². The number of aromatic nitrogens is 3. The maximum absolute atomic E-state index is 13.8. The second kappa shape index (κ2) is 20.2. The predicted octanol–water partition coefficient (Wildman–Crippen LogP) is 8.20. The Kier molecular flexibility index (Phi) is 14.5. The van der Waals surface area contributed by atoms with Crippen LogP contribution in [0.15, 0.2) is 134 Å². The van der Waals surface area contributed by atoms with Gasteiger partial charge in [0.1, 0.15) is 47.9 Å². The minimum Gasteiger partial charge on any atom is -0.505 e. The molecule has 402 valence electrons. The summed E-state index contributed by atoms with van der Waals surface area (Å²) in [6.07, 6.45) is -0.195. The van der Waals surface area contributed by atoms with E-state index in [-0.39, 0.29) is 63.0 Å². The van der Waals surface area contributed by atoms with Gasteiger partial charge in [-0.15, -0.1) is 30.7 Å². The van der Waals surface area contributed by atoms with E-state index in [1.54, 1.807) is 13.0 Å². The minimum absolute atomic E-state index is 0.00338. The van der Waals surface area contributed by atoms with E-state index in [0.29, 0.717) is 33.1 Å². The number of nitro benzene ring substituents is 1. The number of H-pyrrole nitrogens is 1. The number of ether oxygens (including phenoxy) is 1. The van der Waals surface area contributed by atoms with Crippen molar-refractivity contribution in [2.24, 2.45) is 30.7 Å². The van der Waals surface area contributed by atoms with Crippen LogP contribution in [0.5, 0.6) is 11.5 Å². The van der Waals surface area contributed by atoms with Crippen LogP contribution in [-0.2, 0) is 50.6 Å². The number of non-ortho nitro benzene ring substituents is 1. The summed E-state index contributed by atoms with van der Waals surface area (Å²) in [5.74, 6) is -1.44. The van der Waals surface area contributed by atoms with Crippen LogP contribution in [0.4, 0.5) is 39.3 Å². The molecule has 36 heteroatoms. The first-order valence-corrected chi connectivity index (χ1v) is 29.1. The number of thiazole rings is 1. The molecule has 2 heterocycles. The third-order valence-corrected chi connectivity index (χ3v) is 16.2. The molecule has 0 aliphatic rings. The lowest BCUT2D eigenvalue weighted by molar-refractivity contribution is -0.384. The number of rotatable bonds is 17. The molecular weight excluding hydrogens is 1140 g/mol. The molecule has 8 aromatic rings. The quantitative estimate of drug-likeness (QED) is 0.0148. The zero-order valence-electron chi connectivity index (χ0n) is 38.5. The average molecular weight is 1180 g/mol. The number of nitrogens with one attached hydrogen (secondary N) is 1. The van der Waals surface area contributed by atoms with Crippen molar-refractivity contribution in [3.63, 3.8) is 0 Å². The van der Waals surface area contributed by atoms with Crippen LogP contribution in [0.2, 0.25) is 0 Å². The molecule has 0 atom stereocenters. The smallest absolute Gasteiger partial charge is 0.299 e. The van der Waals surface area contributed by atoms with Gasteiger partial charge in [0.2, 0.25) is 5.13 Å². The molecule has 30 nitrogen and oxygen atoms in total. The van der Waals surface area contributed by atoms with Crippen molar-refractivity contribution < 1.29 is 79.6 Å². The first kappa shape index (κ1) is 55.3. The Morgan fingerprint density at radius 1 is 0.675 bits per heavy atom. The van der Waals surface area contributed by atoms with Gasteiger partial charge in [0.25, 0.3) is 61.8 Å². The highest BCUT2D eigenvalue weighted by atomic mass is 32.2. The van der Waals surface area contributed by atoms with E-state index >= 15 is 0 Å². The lowest BCUT2D eigenvalue weighted by Gasteiger charge is -2.11. The maximum Gasteiger partial charge on any atom is 0.299 e. The molecule has 0 bridgehead atoms. The maximum atomic E-state index is 13.8. The fraction of sp³-hybridized carbons (Fsp3) is 0.122. The Hall–Kier alpha value is -7.91. The van der Waals surface area contributed by atoms with Gasteiger partial charge in [0, 0.05) is 39.7 Å². The lowest BCUT2D eigenvalue weighted by Crippen LogP contribution is -2.15. The molecule has 0 spiro atoms. The molecule has 0 fully saturated rings. The summed E-state index contributed by atoms with van der Waals surface area (Å²) in [6, 6.07) is 13.7. The number of nitrogens with zero attached hydrogens (tertiary/aromatic N) is 9. The van der Waals surface area contributed by atoms with Crippen LogP contribution < -0.4 is 10.3 Å². The van der Waals surface area contributed by atoms with E-state index < -0.39 is 126 Å². The Bertz CT molecular complexity index is 4590. The van der Waals surface area contributed by atoms with Crippen molar-refractivity contribution in [2.75, 3.05) is 12.4 Å². The van der Waals surface area contributed by atoms with Gasteiger partial charge in [0.15, 0.2) is 11.4 Å². The molecular formula is C41H32N10O20S6. The van der Waals surface area contributed by atoms with Gasteiger partial charge in [-0.25, -0.2) is 9.67 Å². The molecule has 7 N–H and O–H groups in total. The van der Waals surface area contributed by atoms with Crippen molar-refractivity contribution >= 4 is 133 Å². The van der Waals surface area contributed by atoms with Crippen LogP contribution in [0.3, 0.4) is 0 Å². The number of benzene rings is 6. The summed E-state index contributed by atoms with van der Waals surface area (Å²) < 4.78 is 178. The van der Waals surface area contributed by atoms with Crippen LogP contribution in [0.1, 0.15) is 17.7 Å². The van der Waals surface area contributed by atoms with Gasteiger partial charge in [-0.2, -0.15) is 42.1 Å². The second-order valence-corrected chi connectivity index (χ2v) is 24.2. The van der Waals surface area contributed by atoms with E-state index in [0.717, 1.165) is 47.7 Å². The SMILES string of the molecule is Cc1cc(N=Nc2ccc3c(S(=O)(=O)O)c(N=Nc4c(C)[nH]n(-c5cc(S(=O)(=O)O)c6cc([N+](=O)[O-])cc(S(=O)(=O)O)c6c5)c4=O)ccc3c2O)c(OCCCS(=O)(=O)O)cc1N=Nc1nc2c(S(=O)(=O)O)cccc2s1. The molecule has 0 aliphatic carbocycles. The zero-order chi connectivity index (χ0) is 56.3. The van der Waals surface area contributed by atoms with Crippen molar-refractivity contribution in [1.29, 1.82) is 0 Å². The summed E-state index contributed by atoms with van der Waals surface area (Å²) in [5, 5.41) is 47.7. The number of para-hydroxylation sites is 1. The first-order chi connectivity index (χ1) is 35.8. The number of hydrogen-bond acceptors (Lipinski definition) is 23. The summed E-state index contributed by atoms with van der Waals surface area (Å²) >= 11 is 0.956. The Morgan fingerprint density at radius 2 is 1.29 bits per heavy atom. The number of aromatic hydroxyl groups is 1. The fourth-order valence-electron chi connectivity index (χ4n) is 7.49. The predicted molar refractivity (Wildman–Crippen MR) is 270 cm³/mol. The van der Waals surface area contributed by atoms with E-state index in [9.17, 15) is 84.9 Å². The first-order valence-electron chi connectivity index (χ1n) is 20.9. The highest BCUT2D eigenvalue weighted by Gasteiger charge is 2.28. The molecule has 77 heavy (non-hydrogen) atoms. The van der Waals surface area contributed by atoms with Crippen molar-refractivity contribution in [3.8, 4) is 17.2 Å². The monoisotopic (exact) mass is 1180 g/mol. The third-order valence-electron chi connectivity index (χ3n) is 10.9. The summed E-state index contributed by atoms with van der Waals surface area (Å²) in [4.78, 5) is 24.8. The second-order valence-electron chi connectivity index (χ2n) is 16.1. The normalized spacial score (nSPS) is 13.1. The number of aromatic amines is 1. The Morgan fingerprint density at radius 3 is 1.94 bits per heavy atom. The minimum atomic E-state index is -5.35. The van der Waals surface area contributed by atoms with E-state index in [1.165, 1.54) is 25.1 Å². The lowest BCUT2D eigenvalue weighted by atomic mass is 10.1. The van der Waals surface area contributed by atoms with Gasteiger partial charge in [0.05, 0.1) is 39.1 Å². The van der Waals surface area contributed by atoms with Crippen LogP contribution in [0.25, 0.3) is 37.4 Å². The van der Waals surface area contributed by atoms with Gasteiger partial charge < -0.3 is 9.84 Å². The number of azo groups is 3. The van der Waals surface area contributed by atoms with E-state index in [2.05, 4.69) is 40.8 Å². The number of phenolic OH excluding ortho intramolecular Hbond substituents is 1. The standard InChI is InChI=1S/C41H32N10O20S6/c1-19-13-30(31(71-11-4-12-73(56,57)58)18-29(19)45-48-41-42-37-32(72-41)5-3-6-33(37)74(59,60)61)46-43-27-9-8-24-23(38(27)52)7-10-28(39(24)77(68,69)70)44-47-36-20(2)49-50(40(36)53)21-14-25-26(34(16-21)75(62,63)64)15-22(51(54)55)17-35(25)76(65,66)67/h3,5-10,13-18,49,52H,4,11-12H2,1-2H3,(H,56,57,58)(H,59,60,61)(H,62,63,64)(H,65,66,67)(H,68,69,70). The van der Waals surface area contributed by atoms with E-state index in [4.69, 9.17) is 4.74 Å². The fourth-order valence-corrected chi connectivity index (χ4v) is 11.8. The molecule has 0 aliphatic heterocycles. The molecule has 0 saturated carbocycles. The third kappa shape index (κ3) is 11.8. The Balaban J connectivity index is 1.14. The molecule has 0 amide bonds. The number of phenols is 1. The van der Waals surface area contributed by atoms with Crippen LogP contribution >= 0.6 is 11.3 Å². The molecule has 0 saturated heterocycles. The summed E-state index contributed by atoms with van der Waals surface area (Å²) in [7, 11) is -25.0. The van der Waals surface area contributed by atoms with Gasteiger partial charge in [-0.3, -0.25) is 42.8 Å². The van der Waals surface area contributed by atoms with Gasteiger partial charge in [-0.1, -0.05) is 23.5 Å². The number of nitro groups is 1. The molecule has 6 aromatic carbocycles. The highest BCUT2D eigenvalue weighted by molar-refractivity contribution is 7.87. The van der Waals surface area contributed by atoms with Gasteiger partial charge in [-0.05, 0) is 74.4 Å². The number of aryl methyl sites for hydroxylation is 2. The summed E-state index contributed by atoms with van der Waals surface area (Å²) in [5.41, 5.74) is -3.85. The Labute approximate surface area is 435 Å². The number of fused-ring (bicyclic) bond motifs is 3. The topological polar surface area (TPSA) is 469 Å². The number of hydrogen-bond donors (Lipinski definition) is 7. The molecule has 2 aromatic heterocycles. The van der Waals surface area contributed by atoms with Crippen LogP contribution in [0, 0.1) is 24.0 Å². The zero-order valence-corrected chi connectivity index (χ0v) is 43.4. The molecule has 0 radical (unpaired) electrons. The molecule has 0 unspecified atom stereocenters. The highest BCUT2D eigenvalue weighted by Crippen LogP contribution is 2.44. The van der Waals surface area contributed by atoms with Crippen molar-refractivity contribution in [3.05, 3.63) is 111 Å². The van der Waals surface area contributed by atoms with E-state index in [1.807, 2.05) is 0 Å². The summed E-state index contributed by atoms with van der Waals surface area (Å²) in [6.45, 7) is 2.53.